The summed E-state index contributed by atoms with van der Waals surface area (Å²) in [7, 11) is 1.01. The number of nitrogens with zero attached hydrogens (tertiary/aromatic N) is 1. The Hall–Kier alpha value is -2.70. The van der Waals surface area contributed by atoms with Gasteiger partial charge in [-0.25, -0.2) is 4.79 Å². The van der Waals surface area contributed by atoms with Crippen molar-refractivity contribution in [3.8, 4) is 0 Å². The van der Waals surface area contributed by atoms with Gasteiger partial charge in [0.1, 0.15) is 5.76 Å². The van der Waals surface area contributed by atoms with Gasteiger partial charge in [0.2, 0.25) is 0 Å². The molecule has 0 spiro atoms. The number of methoxy groups -OCH3 is 1. The van der Waals surface area contributed by atoms with Crippen molar-refractivity contribution in [1.29, 1.82) is 0 Å². The van der Waals surface area contributed by atoms with Gasteiger partial charge in [-0.1, -0.05) is 12.1 Å². The molecule has 18 heavy (non-hydrogen) atoms. The zero-order chi connectivity index (χ0) is 13.7. The van der Waals surface area contributed by atoms with E-state index in [0.29, 0.717) is 6.08 Å². The van der Waals surface area contributed by atoms with E-state index in [-0.39, 0.29) is 11.3 Å². The van der Waals surface area contributed by atoms with Gasteiger partial charge in [0, 0.05) is 12.1 Å². The highest BCUT2D eigenvalue weighted by atomic mass is 16.6. The first kappa shape index (κ1) is 13.4. The molecule has 0 unspecified atom stereocenters. The second-order valence-corrected chi connectivity index (χ2v) is 3.16. The number of ketones is 1. The van der Waals surface area contributed by atoms with E-state index in [1.807, 2.05) is 0 Å². The lowest BCUT2D eigenvalue weighted by atomic mass is 10.1. The molecular weight excluding hydrogens is 242 g/mol. The molecule has 0 amide bonds. The maximum atomic E-state index is 11.2. The monoisotopic (exact) mass is 251 g/mol. The summed E-state index contributed by atoms with van der Waals surface area (Å²) in [5, 5.41) is 20.3. The summed E-state index contributed by atoms with van der Waals surface area (Å²) in [6.45, 7) is 0. The van der Waals surface area contributed by atoms with Crippen LogP contribution in [0.4, 0.5) is 5.69 Å². The highest BCUT2D eigenvalue weighted by Gasteiger charge is 2.18. The molecule has 94 valence electrons. The van der Waals surface area contributed by atoms with Gasteiger partial charge in [-0.2, -0.15) is 0 Å². The third-order valence-corrected chi connectivity index (χ3v) is 2.03. The minimum absolute atomic E-state index is 0.153. The zero-order valence-electron chi connectivity index (χ0n) is 9.32. The SMILES string of the molecule is COC(=O)C(=O)/C=C(\O)c1ccccc1[N+](=O)[O-]. The number of rotatable bonds is 4. The predicted octanol–water partition coefficient (Wildman–Crippen LogP) is 1.24. The van der Waals surface area contributed by atoms with E-state index in [1.54, 1.807) is 0 Å². The standard InChI is InChI=1S/C11H9NO6/c1-18-11(15)10(14)6-9(13)7-4-2-3-5-8(7)12(16)17/h2-6,13H,1H3/b9-6-. The van der Waals surface area contributed by atoms with Crippen molar-refractivity contribution in [2.24, 2.45) is 0 Å². The summed E-state index contributed by atoms with van der Waals surface area (Å²) in [5.41, 5.74) is -0.524. The Bertz CT molecular complexity index is 534. The molecule has 0 aliphatic carbocycles. The Morgan fingerprint density at radius 1 is 1.39 bits per heavy atom. The Labute approximate surface area is 101 Å². The lowest BCUT2D eigenvalue weighted by molar-refractivity contribution is -0.385. The van der Waals surface area contributed by atoms with E-state index >= 15 is 0 Å². The quantitative estimate of drug-likeness (QED) is 0.215. The third-order valence-electron chi connectivity index (χ3n) is 2.03. The summed E-state index contributed by atoms with van der Waals surface area (Å²) >= 11 is 0. The predicted molar refractivity (Wildman–Crippen MR) is 60.7 cm³/mol. The van der Waals surface area contributed by atoms with E-state index < -0.39 is 22.4 Å². The summed E-state index contributed by atoms with van der Waals surface area (Å²) in [6, 6.07) is 5.29. The van der Waals surface area contributed by atoms with Crippen LogP contribution in [-0.2, 0) is 14.3 Å². The van der Waals surface area contributed by atoms with Crippen molar-refractivity contribution in [3.05, 3.63) is 46.0 Å². The second-order valence-electron chi connectivity index (χ2n) is 3.16. The Balaban J connectivity index is 3.15. The number of hydrogen-bond acceptors (Lipinski definition) is 6. The zero-order valence-corrected chi connectivity index (χ0v) is 9.32. The second kappa shape index (κ2) is 5.58. The van der Waals surface area contributed by atoms with E-state index in [2.05, 4.69) is 4.74 Å². The van der Waals surface area contributed by atoms with Crippen molar-refractivity contribution in [1.82, 2.24) is 0 Å². The molecule has 1 N–H and O–H groups in total. The van der Waals surface area contributed by atoms with Gasteiger partial charge in [-0.3, -0.25) is 14.9 Å². The Morgan fingerprint density at radius 2 is 2.00 bits per heavy atom. The van der Waals surface area contributed by atoms with Crippen molar-refractivity contribution in [2.75, 3.05) is 7.11 Å². The first-order valence-corrected chi connectivity index (χ1v) is 4.74. The van der Waals surface area contributed by atoms with Crippen LogP contribution in [0.15, 0.2) is 30.3 Å². The average molecular weight is 251 g/mol. The number of aliphatic hydroxyl groups is 1. The number of carbonyl (C=O) groups excluding carboxylic acids is 2. The van der Waals surface area contributed by atoms with Crippen LogP contribution < -0.4 is 0 Å². The number of nitro benzene ring substituents is 1. The van der Waals surface area contributed by atoms with Gasteiger partial charge in [0.15, 0.2) is 0 Å². The maximum absolute atomic E-state index is 11.2. The first-order chi connectivity index (χ1) is 8.47. The normalized spacial score (nSPS) is 10.8. The molecule has 0 aliphatic rings. The van der Waals surface area contributed by atoms with E-state index in [1.165, 1.54) is 24.3 Å². The molecule has 1 aromatic rings. The summed E-state index contributed by atoms with van der Waals surface area (Å²) in [5.74, 6) is -2.94. The van der Waals surface area contributed by atoms with Crippen LogP contribution in [0.2, 0.25) is 0 Å². The van der Waals surface area contributed by atoms with Gasteiger partial charge in [-0.15, -0.1) is 0 Å². The Kier molecular flexibility index (Phi) is 4.14. The summed E-state index contributed by atoms with van der Waals surface area (Å²) in [4.78, 5) is 32.0. The van der Waals surface area contributed by atoms with Crippen LogP contribution in [0.25, 0.3) is 5.76 Å². The number of ether oxygens (including phenoxy) is 1. The van der Waals surface area contributed by atoms with Gasteiger partial charge in [0.05, 0.1) is 17.6 Å². The van der Waals surface area contributed by atoms with Crippen LogP contribution in [-0.4, -0.2) is 28.9 Å². The largest absolute Gasteiger partial charge is 0.507 e. The number of nitro groups is 1. The molecule has 1 aromatic carbocycles. The maximum Gasteiger partial charge on any atom is 0.378 e. The van der Waals surface area contributed by atoms with Gasteiger partial charge in [-0.05, 0) is 6.07 Å². The first-order valence-electron chi connectivity index (χ1n) is 4.74. The molecule has 0 atom stereocenters. The highest BCUT2D eigenvalue weighted by Crippen LogP contribution is 2.23. The number of esters is 1. The molecular formula is C11H9NO6. The number of aliphatic hydroxyl groups excluding tert-OH is 1. The number of para-hydroxylation sites is 1. The molecule has 0 aliphatic heterocycles. The number of hydrogen-bond donors (Lipinski definition) is 1. The molecule has 0 radical (unpaired) electrons. The van der Waals surface area contributed by atoms with Crippen LogP contribution in [0.3, 0.4) is 0 Å². The fraction of sp³-hybridized carbons (Fsp3) is 0.0909. The van der Waals surface area contributed by atoms with Crippen molar-refractivity contribution in [2.45, 2.75) is 0 Å². The lowest BCUT2D eigenvalue weighted by Crippen LogP contribution is -2.13. The van der Waals surface area contributed by atoms with E-state index in [0.717, 1.165) is 7.11 Å². The molecule has 0 saturated carbocycles. The van der Waals surface area contributed by atoms with Gasteiger partial charge >= 0.3 is 5.97 Å². The summed E-state index contributed by atoms with van der Waals surface area (Å²) < 4.78 is 4.15. The van der Waals surface area contributed by atoms with Gasteiger partial charge in [0.25, 0.3) is 11.5 Å². The van der Waals surface area contributed by atoms with E-state index in [9.17, 15) is 24.8 Å². The smallest absolute Gasteiger partial charge is 0.378 e. The third kappa shape index (κ3) is 2.91. The number of carbonyl (C=O) groups is 2. The van der Waals surface area contributed by atoms with Gasteiger partial charge < -0.3 is 9.84 Å². The lowest BCUT2D eigenvalue weighted by Gasteiger charge is -2.01. The van der Waals surface area contributed by atoms with Crippen molar-refractivity contribution < 1.29 is 24.4 Å². The number of benzene rings is 1. The molecule has 0 saturated heterocycles. The average Bonchev–Trinajstić information content (AvgIpc) is 2.37. The molecule has 7 heteroatoms. The summed E-state index contributed by atoms with van der Waals surface area (Å²) in [6.07, 6.45) is 0.578. The van der Waals surface area contributed by atoms with Crippen LogP contribution >= 0.6 is 0 Å². The fourth-order valence-corrected chi connectivity index (χ4v) is 1.21. The molecule has 1 rings (SSSR count). The Morgan fingerprint density at radius 3 is 2.56 bits per heavy atom. The molecule has 0 fully saturated rings. The highest BCUT2D eigenvalue weighted by molar-refractivity contribution is 6.39. The molecule has 7 nitrogen and oxygen atoms in total. The molecule has 0 aromatic heterocycles. The minimum Gasteiger partial charge on any atom is -0.507 e. The topological polar surface area (TPSA) is 107 Å². The molecule has 0 heterocycles. The van der Waals surface area contributed by atoms with Crippen LogP contribution in [0, 0.1) is 10.1 Å². The van der Waals surface area contributed by atoms with Crippen LogP contribution in [0.1, 0.15) is 5.56 Å². The molecule has 0 bridgehead atoms. The fourth-order valence-electron chi connectivity index (χ4n) is 1.21. The van der Waals surface area contributed by atoms with Crippen molar-refractivity contribution >= 4 is 23.2 Å². The van der Waals surface area contributed by atoms with Crippen molar-refractivity contribution in [3.63, 3.8) is 0 Å². The van der Waals surface area contributed by atoms with E-state index in [4.69, 9.17) is 0 Å². The minimum atomic E-state index is -1.17. The van der Waals surface area contributed by atoms with Crippen LogP contribution in [0.5, 0.6) is 0 Å².